The number of nitrogens with one attached hydrogen (secondary N) is 1. The van der Waals surface area contributed by atoms with Crippen LogP contribution >= 0.6 is 11.8 Å². The Labute approximate surface area is 108 Å². The highest BCUT2D eigenvalue weighted by Crippen LogP contribution is 2.20. The van der Waals surface area contributed by atoms with Gasteiger partial charge in [0.1, 0.15) is 12.0 Å². The number of aliphatic imine (C=N–C) groups is 1. The number of aldehydes is 1. The largest absolute Gasteiger partial charge is 0.497 e. The van der Waals surface area contributed by atoms with Crippen LogP contribution in [0.15, 0.2) is 29.3 Å². The Hall–Kier alpha value is -2.02. The number of amides is 1. The van der Waals surface area contributed by atoms with E-state index in [1.54, 1.807) is 24.3 Å². The van der Waals surface area contributed by atoms with E-state index in [9.17, 15) is 9.59 Å². The molecule has 0 saturated carbocycles. The number of hydrogen-bond acceptors (Lipinski definition) is 5. The summed E-state index contributed by atoms with van der Waals surface area (Å²) in [6, 6.07) is 6.85. The molecule has 6 nitrogen and oxygen atoms in total. The van der Waals surface area contributed by atoms with Gasteiger partial charge >= 0.3 is 6.09 Å². The number of carbonyl (C=O) groups excluding carboxylic acids is 1. The summed E-state index contributed by atoms with van der Waals surface area (Å²) in [6.07, 6.45) is -0.551. The standard InChI is InChI=1S/C11H12N2O4S/c1-17-9-4-2-3-8(7-9)12-10(13-11(15)16)18-6-5-14/h2-5,7H,6H2,1H3,(H,12,13)(H,15,16). The third-order valence-electron chi connectivity index (χ3n) is 1.79. The number of rotatable bonds is 4. The first-order chi connectivity index (χ1) is 8.65. The Kier molecular flexibility index (Phi) is 5.72. The molecule has 0 aliphatic carbocycles. The van der Waals surface area contributed by atoms with Gasteiger partial charge < -0.3 is 14.6 Å². The van der Waals surface area contributed by atoms with E-state index >= 15 is 0 Å². The maximum Gasteiger partial charge on any atom is 0.410 e. The SMILES string of the molecule is COc1cccc(N=C(NC(=O)O)SCC=O)c1. The number of benzene rings is 1. The van der Waals surface area contributed by atoms with Crippen LogP contribution in [0.5, 0.6) is 5.75 Å². The van der Waals surface area contributed by atoms with Gasteiger partial charge in [0.15, 0.2) is 5.17 Å². The van der Waals surface area contributed by atoms with Gasteiger partial charge in [-0.3, -0.25) is 5.32 Å². The van der Waals surface area contributed by atoms with Gasteiger partial charge in [-0.2, -0.15) is 0 Å². The van der Waals surface area contributed by atoms with E-state index in [1.807, 2.05) is 0 Å². The zero-order valence-corrected chi connectivity index (χ0v) is 10.4. The van der Waals surface area contributed by atoms with Crippen molar-refractivity contribution in [3.63, 3.8) is 0 Å². The molecular formula is C11H12N2O4S. The molecule has 0 aromatic heterocycles. The molecule has 0 aliphatic heterocycles. The lowest BCUT2D eigenvalue weighted by Gasteiger charge is -2.04. The lowest BCUT2D eigenvalue weighted by Crippen LogP contribution is -2.26. The van der Waals surface area contributed by atoms with Crippen LogP contribution in [0.4, 0.5) is 10.5 Å². The second kappa shape index (κ2) is 7.33. The number of carboxylic acid groups (broad SMARTS) is 1. The van der Waals surface area contributed by atoms with Gasteiger partial charge in [0, 0.05) is 6.07 Å². The zero-order chi connectivity index (χ0) is 13.4. The van der Waals surface area contributed by atoms with Crippen LogP contribution in [0.25, 0.3) is 0 Å². The third kappa shape index (κ3) is 4.88. The third-order valence-corrected chi connectivity index (χ3v) is 2.56. The van der Waals surface area contributed by atoms with Crippen LogP contribution in [-0.4, -0.2) is 35.5 Å². The molecule has 0 radical (unpaired) electrons. The summed E-state index contributed by atoms with van der Waals surface area (Å²) in [5.74, 6) is 0.745. The highest BCUT2D eigenvalue weighted by molar-refractivity contribution is 8.14. The highest BCUT2D eigenvalue weighted by Gasteiger charge is 2.05. The molecule has 0 heterocycles. The van der Waals surface area contributed by atoms with Gasteiger partial charge in [0.25, 0.3) is 0 Å². The molecule has 0 aliphatic rings. The molecule has 2 N–H and O–H groups in total. The number of nitrogens with zero attached hydrogens (tertiary/aromatic N) is 1. The van der Waals surface area contributed by atoms with E-state index in [4.69, 9.17) is 9.84 Å². The quantitative estimate of drug-likeness (QED) is 0.494. The van der Waals surface area contributed by atoms with Crippen molar-refractivity contribution in [3.8, 4) is 5.75 Å². The Morgan fingerprint density at radius 3 is 3.00 bits per heavy atom. The highest BCUT2D eigenvalue weighted by atomic mass is 32.2. The molecule has 0 saturated heterocycles. The molecule has 0 fully saturated rings. The Morgan fingerprint density at radius 2 is 2.39 bits per heavy atom. The molecule has 0 unspecified atom stereocenters. The lowest BCUT2D eigenvalue weighted by molar-refractivity contribution is -0.105. The average molecular weight is 268 g/mol. The minimum Gasteiger partial charge on any atom is -0.497 e. The Morgan fingerprint density at radius 1 is 1.61 bits per heavy atom. The molecule has 1 aromatic carbocycles. The number of ether oxygens (including phenoxy) is 1. The molecule has 7 heteroatoms. The number of amidine groups is 1. The van der Waals surface area contributed by atoms with E-state index in [0.29, 0.717) is 17.7 Å². The van der Waals surface area contributed by atoms with Crippen LogP contribution in [-0.2, 0) is 4.79 Å². The predicted molar refractivity (Wildman–Crippen MR) is 69.8 cm³/mol. The predicted octanol–water partition coefficient (Wildman–Crippen LogP) is 1.88. The molecular weight excluding hydrogens is 256 g/mol. The number of carbonyl (C=O) groups is 2. The molecule has 1 amide bonds. The summed E-state index contributed by atoms with van der Waals surface area (Å²) in [5.41, 5.74) is 0.538. The maximum absolute atomic E-state index is 10.6. The minimum atomic E-state index is -1.23. The van der Waals surface area contributed by atoms with Gasteiger partial charge in [-0.15, -0.1) is 0 Å². The Balaban J connectivity index is 2.90. The second-order valence-corrected chi connectivity index (χ2v) is 4.03. The zero-order valence-electron chi connectivity index (χ0n) is 9.62. The first kappa shape index (κ1) is 14.0. The summed E-state index contributed by atoms with van der Waals surface area (Å²) < 4.78 is 5.03. The van der Waals surface area contributed by atoms with Gasteiger partial charge in [-0.05, 0) is 12.1 Å². The van der Waals surface area contributed by atoms with E-state index in [1.165, 1.54) is 7.11 Å². The average Bonchev–Trinajstić information content (AvgIpc) is 2.35. The normalized spacial score (nSPS) is 10.8. The fourth-order valence-corrected chi connectivity index (χ4v) is 1.65. The number of thioether (sulfide) groups is 1. The first-order valence-corrected chi connectivity index (χ1v) is 5.93. The minimum absolute atomic E-state index is 0.128. The van der Waals surface area contributed by atoms with E-state index < -0.39 is 6.09 Å². The van der Waals surface area contributed by atoms with Crippen molar-refractivity contribution < 1.29 is 19.4 Å². The second-order valence-electron chi connectivity index (χ2n) is 3.03. The summed E-state index contributed by atoms with van der Waals surface area (Å²) in [7, 11) is 1.53. The first-order valence-electron chi connectivity index (χ1n) is 4.95. The van der Waals surface area contributed by atoms with Crippen molar-refractivity contribution >= 4 is 35.0 Å². The van der Waals surface area contributed by atoms with Crippen LogP contribution in [0.1, 0.15) is 0 Å². The topological polar surface area (TPSA) is 88.0 Å². The van der Waals surface area contributed by atoms with Crippen LogP contribution in [0.3, 0.4) is 0 Å². The van der Waals surface area contributed by atoms with E-state index in [-0.39, 0.29) is 10.9 Å². The Bertz CT molecular complexity index is 462. The molecule has 1 rings (SSSR count). The van der Waals surface area contributed by atoms with E-state index in [0.717, 1.165) is 11.8 Å². The monoisotopic (exact) mass is 268 g/mol. The van der Waals surface area contributed by atoms with Gasteiger partial charge in [-0.25, -0.2) is 9.79 Å². The van der Waals surface area contributed by atoms with Crippen LogP contribution in [0, 0.1) is 0 Å². The molecule has 18 heavy (non-hydrogen) atoms. The summed E-state index contributed by atoms with van der Waals surface area (Å²) >= 11 is 1.01. The van der Waals surface area contributed by atoms with Crippen molar-refractivity contribution in [2.45, 2.75) is 0 Å². The van der Waals surface area contributed by atoms with Crippen LogP contribution in [0.2, 0.25) is 0 Å². The lowest BCUT2D eigenvalue weighted by atomic mass is 10.3. The van der Waals surface area contributed by atoms with Crippen molar-refractivity contribution in [1.29, 1.82) is 0 Å². The van der Waals surface area contributed by atoms with Crippen molar-refractivity contribution in [2.75, 3.05) is 12.9 Å². The van der Waals surface area contributed by atoms with Gasteiger partial charge in [0.05, 0.1) is 18.6 Å². The smallest absolute Gasteiger partial charge is 0.410 e. The summed E-state index contributed by atoms with van der Waals surface area (Å²) in [5, 5.41) is 10.9. The molecule has 0 atom stereocenters. The fraction of sp³-hybridized carbons (Fsp3) is 0.182. The van der Waals surface area contributed by atoms with Crippen molar-refractivity contribution in [1.82, 2.24) is 5.32 Å². The van der Waals surface area contributed by atoms with Crippen LogP contribution < -0.4 is 10.1 Å². The van der Waals surface area contributed by atoms with Crippen molar-refractivity contribution in [2.24, 2.45) is 4.99 Å². The number of hydrogen-bond donors (Lipinski definition) is 2. The molecule has 1 aromatic rings. The molecule has 0 bridgehead atoms. The number of methoxy groups -OCH3 is 1. The maximum atomic E-state index is 10.6. The summed E-state index contributed by atoms with van der Waals surface area (Å²) in [6.45, 7) is 0. The van der Waals surface area contributed by atoms with Gasteiger partial charge in [0.2, 0.25) is 0 Å². The van der Waals surface area contributed by atoms with E-state index in [2.05, 4.69) is 10.3 Å². The summed E-state index contributed by atoms with van der Waals surface area (Å²) in [4.78, 5) is 24.9. The van der Waals surface area contributed by atoms with Crippen molar-refractivity contribution in [3.05, 3.63) is 24.3 Å². The molecule has 0 spiro atoms. The van der Waals surface area contributed by atoms with Gasteiger partial charge in [-0.1, -0.05) is 17.8 Å². The fourth-order valence-electron chi connectivity index (χ4n) is 1.10. The molecule has 96 valence electrons.